The van der Waals surface area contributed by atoms with Gasteiger partial charge in [-0.2, -0.15) is 10.4 Å². The van der Waals surface area contributed by atoms with Crippen molar-refractivity contribution < 1.29 is 0 Å². The highest BCUT2D eigenvalue weighted by Crippen LogP contribution is 2.37. The number of hydrogen-bond donors (Lipinski definition) is 2. The number of aryl methyl sites for hydroxylation is 1. The van der Waals surface area contributed by atoms with Crippen LogP contribution in [-0.4, -0.2) is 26.3 Å². The third-order valence-electron chi connectivity index (χ3n) is 5.79. The molecule has 1 aliphatic carbocycles. The van der Waals surface area contributed by atoms with Crippen molar-refractivity contribution in [2.45, 2.75) is 38.6 Å². The first-order chi connectivity index (χ1) is 14.6. The first kappa shape index (κ1) is 18.9. The lowest BCUT2D eigenvalue weighted by Gasteiger charge is -2.11. The molecule has 1 atom stereocenters. The zero-order valence-electron chi connectivity index (χ0n) is 16.7. The quantitative estimate of drug-likeness (QED) is 0.588. The summed E-state index contributed by atoms with van der Waals surface area (Å²) in [5.41, 5.74) is 4.41. The number of hydrogen-bond acceptors (Lipinski definition) is 6. The van der Waals surface area contributed by atoms with Crippen LogP contribution in [-0.2, 0) is 6.54 Å². The number of halogens is 1. The lowest BCUT2D eigenvalue weighted by Crippen LogP contribution is -2.07. The molecule has 7 nitrogen and oxygen atoms in total. The smallest absolute Gasteiger partial charge is 0.228 e. The molecule has 0 unspecified atom stereocenters. The molecule has 0 saturated heterocycles. The molecule has 5 rings (SSSR count). The van der Waals surface area contributed by atoms with Gasteiger partial charge in [0.1, 0.15) is 11.9 Å². The van der Waals surface area contributed by atoms with E-state index in [-0.39, 0.29) is 0 Å². The molecular formula is C22H22ClN7. The van der Waals surface area contributed by atoms with Crippen molar-refractivity contribution in [3.8, 4) is 17.3 Å². The topological polar surface area (TPSA) is 91.5 Å². The maximum atomic E-state index is 9.58. The highest BCUT2D eigenvalue weighted by Gasteiger charge is 2.23. The number of nitrogens with one attached hydrogen (secondary N) is 2. The average Bonchev–Trinajstić information content (AvgIpc) is 3.42. The molecule has 3 aromatic rings. The van der Waals surface area contributed by atoms with Crippen LogP contribution >= 0.6 is 11.6 Å². The van der Waals surface area contributed by atoms with Crippen LogP contribution in [0.4, 0.5) is 17.5 Å². The van der Waals surface area contributed by atoms with Crippen LogP contribution < -0.4 is 10.6 Å². The summed E-state index contributed by atoms with van der Waals surface area (Å²) in [5, 5.41) is 21.0. The van der Waals surface area contributed by atoms with Crippen molar-refractivity contribution in [1.82, 2.24) is 19.7 Å². The highest BCUT2D eigenvalue weighted by molar-refractivity contribution is 6.29. The van der Waals surface area contributed by atoms with Crippen LogP contribution in [0.5, 0.6) is 0 Å². The van der Waals surface area contributed by atoms with Gasteiger partial charge in [0.25, 0.3) is 0 Å². The second-order valence-electron chi connectivity index (χ2n) is 8.08. The number of anilines is 3. The average molecular weight is 420 g/mol. The molecule has 1 aromatic carbocycles. The summed E-state index contributed by atoms with van der Waals surface area (Å²) >= 11 is 6.14. The largest absolute Gasteiger partial charge is 0.383 e. The summed E-state index contributed by atoms with van der Waals surface area (Å²) in [6.45, 7) is 3.82. The Bertz CT molecular complexity index is 1140. The van der Waals surface area contributed by atoms with Crippen molar-refractivity contribution >= 4 is 29.1 Å². The molecule has 0 radical (unpaired) electrons. The minimum Gasteiger partial charge on any atom is -0.383 e. The van der Waals surface area contributed by atoms with Gasteiger partial charge in [-0.3, -0.25) is 0 Å². The first-order valence-corrected chi connectivity index (χ1v) is 10.6. The molecule has 2 aromatic heterocycles. The van der Waals surface area contributed by atoms with Gasteiger partial charge >= 0.3 is 0 Å². The SMILES string of the molecule is C[C@@H]1CNc2c(C#N)cc(-c3ccnc(Nc4cc(Cl)nn4CCC4CC4)n3)cc21. The van der Waals surface area contributed by atoms with Gasteiger partial charge < -0.3 is 10.6 Å². The molecule has 3 heterocycles. The summed E-state index contributed by atoms with van der Waals surface area (Å²) < 4.78 is 1.88. The van der Waals surface area contributed by atoms with Crippen LogP contribution in [0.25, 0.3) is 11.3 Å². The Kier molecular flexibility index (Phi) is 4.80. The van der Waals surface area contributed by atoms with Crippen molar-refractivity contribution in [2.24, 2.45) is 5.92 Å². The third kappa shape index (κ3) is 3.71. The van der Waals surface area contributed by atoms with Crippen LogP contribution in [0, 0.1) is 17.2 Å². The van der Waals surface area contributed by atoms with Crippen molar-refractivity contribution in [3.05, 3.63) is 46.7 Å². The van der Waals surface area contributed by atoms with Crippen LogP contribution in [0.2, 0.25) is 5.15 Å². The molecule has 2 N–H and O–H groups in total. The number of nitriles is 1. The first-order valence-electron chi connectivity index (χ1n) is 10.3. The fraction of sp³-hybridized carbons (Fsp3) is 0.364. The summed E-state index contributed by atoms with van der Waals surface area (Å²) in [6, 6.07) is 9.95. The maximum absolute atomic E-state index is 9.58. The number of fused-ring (bicyclic) bond motifs is 1. The number of rotatable bonds is 6. The van der Waals surface area contributed by atoms with Gasteiger partial charge in [-0.15, -0.1) is 0 Å². The van der Waals surface area contributed by atoms with Crippen LogP contribution in [0.3, 0.4) is 0 Å². The molecule has 0 amide bonds. The van der Waals surface area contributed by atoms with Gasteiger partial charge in [0, 0.05) is 36.8 Å². The van der Waals surface area contributed by atoms with E-state index in [0.717, 1.165) is 53.8 Å². The monoisotopic (exact) mass is 419 g/mol. The minimum absolute atomic E-state index is 0.356. The fourth-order valence-corrected chi connectivity index (χ4v) is 4.11. The van der Waals surface area contributed by atoms with Gasteiger partial charge in [-0.25, -0.2) is 14.6 Å². The lowest BCUT2D eigenvalue weighted by atomic mass is 9.96. The summed E-state index contributed by atoms with van der Waals surface area (Å²) in [5.74, 6) is 2.42. The van der Waals surface area contributed by atoms with E-state index in [1.807, 2.05) is 16.8 Å². The van der Waals surface area contributed by atoms with E-state index in [0.29, 0.717) is 22.6 Å². The van der Waals surface area contributed by atoms with E-state index in [2.05, 4.69) is 44.8 Å². The third-order valence-corrected chi connectivity index (χ3v) is 5.98. The zero-order chi connectivity index (χ0) is 20.7. The maximum Gasteiger partial charge on any atom is 0.228 e. The summed E-state index contributed by atoms with van der Waals surface area (Å²) in [7, 11) is 0. The molecule has 1 fully saturated rings. The highest BCUT2D eigenvalue weighted by atomic mass is 35.5. The summed E-state index contributed by atoms with van der Waals surface area (Å²) in [4.78, 5) is 9.05. The number of aromatic nitrogens is 4. The lowest BCUT2D eigenvalue weighted by molar-refractivity contribution is 0.552. The Morgan fingerprint density at radius 2 is 2.20 bits per heavy atom. The predicted octanol–water partition coefficient (Wildman–Crippen LogP) is 4.94. The van der Waals surface area contributed by atoms with E-state index in [9.17, 15) is 5.26 Å². The fourth-order valence-electron chi connectivity index (χ4n) is 3.91. The van der Waals surface area contributed by atoms with E-state index >= 15 is 0 Å². The van der Waals surface area contributed by atoms with E-state index in [4.69, 9.17) is 11.6 Å². The van der Waals surface area contributed by atoms with Gasteiger partial charge in [0.15, 0.2) is 5.15 Å². The Morgan fingerprint density at radius 1 is 1.33 bits per heavy atom. The second-order valence-corrected chi connectivity index (χ2v) is 8.47. The van der Waals surface area contributed by atoms with Crippen LogP contribution in [0.1, 0.15) is 43.2 Å². The number of benzene rings is 1. The van der Waals surface area contributed by atoms with Gasteiger partial charge in [0.05, 0.1) is 16.9 Å². The minimum atomic E-state index is 0.356. The normalized spacial score (nSPS) is 17.3. The second kappa shape index (κ2) is 7.62. The van der Waals surface area contributed by atoms with Gasteiger partial charge in [-0.1, -0.05) is 31.4 Å². The van der Waals surface area contributed by atoms with Crippen molar-refractivity contribution in [2.75, 3.05) is 17.2 Å². The molecule has 1 saturated carbocycles. The Balaban J connectivity index is 1.43. The van der Waals surface area contributed by atoms with E-state index in [1.165, 1.54) is 12.8 Å². The molecule has 30 heavy (non-hydrogen) atoms. The molecule has 8 heteroatoms. The van der Waals surface area contributed by atoms with Gasteiger partial charge in [-0.05, 0) is 36.1 Å². The molecule has 0 spiro atoms. The van der Waals surface area contributed by atoms with Gasteiger partial charge in [0.2, 0.25) is 5.95 Å². The Morgan fingerprint density at radius 3 is 3.00 bits per heavy atom. The Labute approximate surface area is 180 Å². The molecule has 1 aliphatic heterocycles. The predicted molar refractivity (Wildman–Crippen MR) is 117 cm³/mol. The van der Waals surface area contributed by atoms with Crippen molar-refractivity contribution in [3.63, 3.8) is 0 Å². The number of nitrogens with zero attached hydrogens (tertiary/aromatic N) is 5. The molecule has 152 valence electrons. The Hall–Kier alpha value is -3.11. The van der Waals surface area contributed by atoms with Crippen molar-refractivity contribution in [1.29, 1.82) is 5.26 Å². The summed E-state index contributed by atoms with van der Waals surface area (Å²) in [6.07, 6.45) is 5.44. The molecular weight excluding hydrogens is 398 g/mol. The zero-order valence-corrected chi connectivity index (χ0v) is 17.4. The van der Waals surface area contributed by atoms with Crippen LogP contribution in [0.15, 0.2) is 30.5 Å². The molecule has 2 aliphatic rings. The van der Waals surface area contributed by atoms with E-state index in [1.54, 1.807) is 12.3 Å². The van der Waals surface area contributed by atoms with E-state index < -0.39 is 0 Å². The standard InChI is InChI=1S/C22H22ClN7/c1-13-12-26-21-16(11-24)8-15(9-17(13)21)18-4-6-25-22(27-18)28-20-10-19(23)29-30(20)7-5-14-2-3-14/h4,6,8-10,13-14,26H,2-3,5,7,12H2,1H3,(H,25,27,28)/t13-/m1/s1. The molecule has 0 bridgehead atoms.